The first-order valence-corrected chi connectivity index (χ1v) is 38.3. The summed E-state index contributed by atoms with van der Waals surface area (Å²) < 4.78 is 0. The molecule has 0 radical (unpaired) electrons. The fraction of sp³-hybridized carbons (Fsp3) is 0.286. The second kappa shape index (κ2) is 26.8. The lowest BCUT2D eigenvalue weighted by molar-refractivity contribution is 0.444. The van der Waals surface area contributed by atoms with Crippen LogP contribution < -0.4 is 26.2 Å². The molecule has 0 saturated heterocycles. The number of rotatable bonds is 11. The molecule has 16 rings (SSSR count). The summed E-state index contributed by atoms with van der Waals surface area (Å²) in [6.45, 7) is 28.5. The number of nitrogens with zero attached hydrogens (tertiary/aromatic N) is 4. The van der Waals surface area contributed by atoms with Crippen molar-refractivity contribution in [2.24, 2.45) is 0 Å². The van der Waals surface area contributed by atoms with Crippen molar-refractivity contribution in [2.45, 2.75) is 181 Å². The maximum atomic E-state index is 6.04. The van der Waals surface area contributed by atoms with Gasteiger partial charge in [-0.1, -0.05) is 279 Å². The minimum Gasteiger partial charge on any atom is -0.311 e. The van der Waals surface area contributed by atoms with E-state index in [1.54, 1.807) is 0 Å². The largest absolute Gasteiger partial charge is 0.311 e. The minimum atomic E-state index is -0.137. The SMILES string of the molecule is CC(C)(C)c1cc(N2c3ccc(C4CCCCC4)cc3B3c4cc(C5CCCCC5)ccc4N(c4cc(C(C)(C)C)cc(C(C)(C)C)c4)c4cc(-c5cc(-c6cc(-c7ccccc7)cc(-c7ccccc7)c6)nc(-c6cc(-c7ccccc7)cc(-c7ccccc7)c6)n5)cc2c43)cc(C(C)(C)C)c1. The molecule has 0 spiro atoms. The third kappa shape index (κ3) is 13.4. The standard InChI is InChI=1S/C98H99BN4/c1-95(2,3)79-57-80(96(4,5)6)60-83(59-79)102-89-45-43-70(64-31-19-13-20-32-64)53-85(89)99-86-54-71(65-33-21-14-22-34-65)44-46-90(86)103(84-61-81(97(7,8)9)58-82(62-84)98(10,11)12)92-56-77(55-91(102)93(92)99)88-63-87(76-49-72(66-35-23-15-24-36-66)47-73(50-76)67-37-25-16-26-38-67)100-94(101-88)78-51-74(68-39-27-17-28-40-68)48-75(52-78)69-41-29-18-30-42-69/h15-18,23-30,35-65H,13-14,19-22,31-34H2,1-12H3. The van der Waals surface area contributed by atoms with Crippen molar-refractivity contribution >= 4 is 57.2 Å². The summed E-state index contributed by atoms with van der Waals surface area (Å²) in [5, 5.41) is 0. The molecule has 0 N–H and O–H groups in total. The van der Waals surface area contributed by atoms with E-state index < -0.39 is 0 Å². The molecule has 0 unspecified atom stereocenters. The molecule has 4 nitrogen and oxygen atoms in total. The molecule has 2 aliphatic carbocycles. The van der Waals surface area contributed by atoms with Crippen LogP contribution in [-0.4, -0.2) is 16.7 Å². The van der Waals surface area contributed by atoms with Gasteiger partial charge in [0.05, 0.1) is 11.4 Å². The second-order valence-corrected chi connectivity index (χ2v) is 34.4. The fourth-order valence-electron chi connectivity index (χ4n) is 16.9. The van der Waals surface area contributed by atoms with Crippen LogP contribution in [0.4, 0.5) is 34.1 Å². The number of aromatic nitrogens is 2. The molecule has 5 heteroatoms. The summed E-state index contributed by atoms with van der Waals surface area (Å²) in [4.78, 5) is 17.3. The van der Waals surface area contributed by atoms with Crippen LogP contribution in [0.3, 0.4) is 0 Å². The molecule has 3 heterocycles. The first kappa shape index (κ1) is 67.6. The van der Waals surface area contributed by atoms with Crippen molar-refractivity contribution in [3.63, 3.8) is 0 Å². The first-order chi connectivity index (χ1) is 49.5. The molecule has 4 aliphatic rings. The molecule has 1 aromatic heterocycles. The van der Waals surface area contributed by atoms with Gasteiger partial charge in [-0.15, -0.1) is 0 Å². The van der Waals surface area contributed by atoms with E-state index in [9.17, 15) is 0 Å². The average molecular weight is 1340 g/mol. The molecule has 11 aromatic carbocycles. The minimum absolute atomic E-state index is 0.0739. The van der Waals surface area contributed by atoms with Gasteiger partial charge in [0.1, 0.15) is 0 Å². The molecular weight excluding hydrogens is 1240 g/mol. The van der Waals surface area contributed by atoms with Crippen LogP contribution in [0.2, 0.25) is 0 Å². The van der Waals surface area contributed by atoms with Crippen LogP contribution >= 0.6 is 0 Å². The van der Waals surface area contributed by atoms with Crippen molar-refractivity contribution in [3.05, 3.63) is 282 Å². The van der Waals surface area contributed by atoms with Gasteiger partial charge in [-0.05, 0) is 244 Å². The summed E-state index contributed by atoms with van der Waals surface area (Å²) in [5.74, 6) is 1.70. The molecule has 12 aromatic rings. The number of anilines is 6. The van der Waals surface area contributed by atoms with E-state index >= 15 is 0 Å². The number of hydrogen-bond acceptors (Lipinski definition) is 4. The van der Waals surface area contributed by atoms with Gasteiger partial charge in [0.15, 0.2) is 5.82 Å². The van der Waals surface area contributed by atoms with E-state index in [4.69, 9.17) is 9.97 Å². The van der Waals surface area contributed by atoms with E-state index in [2.05, 4.69) is 342 Å². The molecular formula is C98H99BN4. The summed E-state index contributed by atoms with van der Waals surface area (Å²) >= 11 is 0. The third-order valence-corrected chi connectivity index (χ3v) is 23.0. The molecule has 2 fully saturated rings. The van der Waals surface area contributed by atoms with Gasteiger partial charge in [-0.25, -0.2) is 9.97 Å². The lowest BCUT2D eigenvalue weighted by atomic mass is 9.33. The Labute approximate surface area is 614 Å². The van der Waals surface area contributed by atoms with Crippen molar-refractivity contribution in [1.29, 1.82) is 0 Å². The van der Waals surface area contributed by atoms with Gasteiger partial charge in [0.25, 0.3) is 6.71 Å². The zero-order chi connectivity index (χ0) is 71.1. The van der Waals surface area contributed by atoms with E-state index in [1.165, 1.54) is 148 Å². The summed E-state index contributed by atoms with van der Waals surface area (Å²) in [6, 6.07) is 95.3. The van der Waals surface area contributed by atoms with E-state index in [-0.39, 0.29) is 28.4 Å². The van der Waals surface area contributed by atoms with E-state index in [1.807, 2.05) is 0 Å². The number of hydrogen-bond donors (Lipinski definition) is 0. The molecule has 514 valence electrons. The second-order valence-electron chi connectivity index (χ2n) is 34.4. The third-order valence-electron chi connectivity index (χ3n) is 23.0. The molecule has 0 amide bonds. The average Bonchev–Trinajstić information content (AvgIpc) is 0.692. The lowest BCUT2D eigenvalue weighted by Crippen LogP contribution is -2.61. The maximum absolute atomic E-state index is 6.04. The molecule has 0 bridgehead atoms. The highest BCUT2D eigenvalue weighted by Crippen LogP contribution is 2.51. The van der Waals surface area contributed by atoms with Crippen molar-refractivity contribution in [2.75, 3.05) is 9.80 Å². The van der Waals surface area contributed by atoms with Crippen molar-refractivity contribution in [1.82, 2.24) is 9.97 Å². The first-order valence-electron chi connectivity index (χ1n) is 38.3. The Morgan fingerprint density at radius 3 is 0.922 bits per heavy atom. The monoisotopic (exact) mass is 1340 g/mol. The van der Waals surface area contributed by atoms with E-state index in [0.717, 1.165) is 72.6 Å². The Morgan fingerprint density at radius 1 is 0.282 bits per heavy atom. The highest BCUT2D eigenvalue weighted by atomic mass is 15.2. The van der Waals surface area contributed by atoms with Crippen LogP contribution in [0.1, 0.15) is 193 Å². The van der Waals surface area contributed by atoms with Gasteiger partial charge in [-0.2, -0.15) is 0 Å². The highest BCUT2D eigenvalue weighted by Gasteiger charge is 2.45. The van der Waals surface area contributed by atoms with Crippen LogP contribution in [-0.2, 0) is 21.7 Å². The predicted molar refractivity (Wildman–Crippen MR) is 441 cm³/mol. The van der Waals surface area contributed by atoms with Gasteiger partial charge in [0, 0.05) is 50.8 Å². The Morgan fingerprint density at radius 2 is 0.592 bits per heavy atom. The Bertz CT molecular complexity index is 4650. The molecule has 0 atom stereocenters. The van der Waals surface area contributed by atoms with Gasteiger partial charge < -0.3 is 9.80 Å². The maximum Gasteiger partial charge on any atom is 0.252 e. The van der Waals surface area contributed by atoms with Crippen molar-refractivity contribution in [3.8, 4) is 78.4 Å². The molecule has 2 aliphatic heterocycles. The number of fused-ring (bicyclic) bond motifs is 4. The zero-order valence-corrected chi connectivity index (χ0v) is 62.8. The smallest absolute Gasteiger partial charge is 0.252 e. The molecule has 103 heavy (non-hydrogen) atoms. The predicted octanol–water partition coefficient (Wildman–Crippen LogP) is 25.5. The Balaban J connectivity index is 1.05. The normalized spacial score (nSPS) is 15.0. The van der Waals surface area contributed by atoms with Gasteiger partial charge in [-0.3, -0.25) is 0 Å². The fourth-order valence-corrected chi connectivity index (χ4v) is 16.9. The topological polar surface area (TPSA) is 32.3 Å². The quantitative estimate of drug-likeness (QED) is 0.121. The highest BCUT2D eigenvalue weighted by molar-refractivity contribution is 7.00. The lowest BCUT2D eigenvalue weighted by Gasteiger charge is -2.45. The zero-order valence-electron chi connectivity index (χ0n) is 62.8. The van der Waals surface area contributed by atoms with E-state index in [0.29, 0.717) is 17.7 Å². The summed E-state index contributed by atoms with van der Waals surface area (Å²) in [6.07, 6.45) is 12.7. The van der Waals surface area contributed by atoms with Crippen LogP contribution in [0.15, 0.2) is 249 Å². The molecule has 2 saturated carbocycles. The van der Waals surface area contributed by atoms with Crippen LogP contribution in [0.5, 0.6) is 0 Å². The Hall–Kier alpha value is -9.84. The Kier molecular flexibility index (Phi) is 17.6. The van der Waals surface area contributed by atoms with Crippen molar-refractivity contribution < 1.29 is 0 Å². The number of benzene rings is 11. The van der Waals surface area contributed by atoms with Gasteiger partial charge >= 0.3 is 0 Å². The van der Waals surface area contributed by atoms with Crippen LogP contribution in [0, 0.1) is 0 Å². The van der Waals surface area contributed by atoms with Crippen LogP contribution in [0.25, 0.3) is 78.4 Å². The summed E-state index contributed by atoms with van der Waals surface area (Å²) in [5.41, 5.74) is 32.8. The van der Waals surface area contributed by atoms with Gasteiger partial charge in [0.2, 0.25) is 0 Å². The summed E-state index contributed by atoms with van der Waals surface area (Å²) in [7, 11) is 0.